The summed E-state index contributed by atoms with van der Waals surface area (Å²) in [7, 11) is 0. The lowest BCUT2D eigenvalue weighted by molar-refractivity contribution is 0.248. The third kappa shape index (κ3) is 4.05. The largest absolute Gasteiger partial charge is 0.307 e. The molecule has 0 bridgehead atoms. The van der Waals surface area contributed by atoms with Crippen LogP contribution in [-0.4, -0.2) is 6.04 Å². The van der Waals surface area contributed by atoms with Crippen molar-refractivity contribution < 1.29 is 4.39 Å². The minimum Gasteiger partial charge on any atom is -0.307 e. The third-order valence-electron chi connectivity index (χ3n) is 4.55. The summed E-state index contributed by atoms with van der Waals surface area (Å²) >= 11 is 3.31. The molecule has 2 atom stereocenters. The maximum absolute atomic E-state index is 14.0. The Morgan fingerprint density at radius 1 is 1.30 bits per heavy atom. The molecular weight excluding hydrogens is 317 g/mol. The van der Waals surface area contributed by atoms with E-state index in [0.29, 0.717) is 6.04 Å². The van der Waals surface area contributed by atoms with Crippen molar-refractivity contribution in [1.29, 1.82) is 0 Å². The van der Waals surface area contributed by atoms with Crippen LogP contribution in [0.1, 0.15) is 64.0 Å². The van der Waals surface area contributed by atoms with Crippen LogP contribution >= 0.6 is 15.9 Å². The van der Waals surface area contributed by atoms with Crippen molar-refractivity contribution in [2.45, 2.75) is 64.5 Å². The van der Waals surface area contributed by atoms with E-state index in [-0.39, 0.29) is 11.9 Å². The molecule has 0 radical (unpaired) electrons. The number of hydrogen-bond acceptors (Lipinski definition) is 1. The molecule has 2 unspecified atom stereocenters. The van der Waals surface area contributed by atoms with E-state index in [1.54, 1.807) is 6.07 Å². The highest BCUT2D eigenvalue weighted by molar-refractivity contribution is 9.10. The summed E-state index contributed by atoms with van der Waals surface area (Å²) in [6.07, 6.45) is 7.84. The van der Waals surface area contributed by atoms with Crippen LogP contribution in [0, 0.1) is 11.7 Å². The van der Waals surface area contributed by atoms with Crippen LogP contribution in [0.25, 0.3) is 0 Å². The molecule has 0 aliphatic heterocycles. The van der Waals surface area contributed by atoms with Gasteiger partial charge in [-0.1, -0.05) is 48.2 Å². The van der Waals surface area contributed by atoms with Gasteiger partial charge >= 0.3 is 0 Å². The lowest BCUT2D eigenvalue weighted by atomic mass is 9.82. The van der Waals surface area contributed by atoms with Crippen molar-refractivity contribution in [2.75, 3.05) is 0 Å². The standard InChI is InChI=1S/C17H25BrFN/c1-3-17(13-7-5-4-6-8-13)20-12(2)15-10-9-14(18)11-16(15)19/h9-13,17,20H,3-8H2,1-2H3. The van der Waals surface area contributed by atoms with E-state index in [2.05, 4.69) is 35.1 Å². The topological polar surface area (TPSA) is 12.0 Å². The number of rotatable bonds is 5. The first-order valence-electron chi connectivity index (χ1n) is 7.82. The molecular formula is C17H25BrFN. The summed E-state index contributed by atoms with van der Waals surface area (Å²) in [6.45, 7) is 4.30. The van der Waals surface area contributed by atoms with Crippen molar-refractivity contribution in [1.82, 2.24) is 5.32 Å². The van der Waals surface area contributed by atoms with Crippen LogP contribution in [0.2, 0.25) is 0 Å². The van der Waals surface area contributed by atoms with Crippen molar-refractivity contribution in [3.8, 4) is 0 Å². The Morgan fingerprint density at radius 3 is 2.60 bits per heavy atom. The monoisotopic (exact) mass is 341 g/mol. The quantitative estimate of drug-likeness (QED) is 0.735. The first-order valence-corrected chi connectivity index (χ1v) is 8.62. The molecule has 0 spiro atoms. The maximum Gasteiger partial charge on any atom is 0.129 e. The van der Waals surface area contributed by atoms with Gasteiger partial charge in [-0.2, -0.15) is 0 Å². The molecule has 2 rings (SSSR count). The second-order valence-corrected chi connectivity index (χ2v) is 6.88. The second kappa shape index (κ2) is 7.56. The Morgan fingerprint density at radius 2 is 2.00 bits per heavy atom. The zero-order chi connectivity index (χ0) is 14.5. The van der Waals surface area contributed by atoms with Gasteiger partial charge in [0.1, 0.15) is 5.82 Å². The Kier molecular flexibility index (Phi) is 6.03. The molecule has 3 heteroatoms. The van der Waals surface area contributed by atoms with Crippen molar-refractivity contribution in [3.63, 3.8) is 0 Å². The maximum atomic E-state index is 14.0. The molecule has 112 valence electrons. The number of halogens is 2. The fourth-order valence-electron chi connectivity index (χ4n) is 3.39. The smallest absolute Gasteiger partial charge is 0.129 e. The van der Waals surface area contributed by atoms with Gasteiger partial charge in [0.2, 0.25) is 0 Å². The first kappa shape index (κ1) is 16.0. The van der Waals surface area contributed by atoms with Crippen LogP contribution in [0.5, 0.6) is 0 Å². The number of benzene rings is 1. The molecule has 1 nitrogen and oxygen atoms in total. The van der Waals surface area contributed by atoms with Crippen LogP contribution in [0.3, 0.4) is 0 Å². The van der Waals surface area contributed by atoms with Gasteiger partial charge in [0.05, 0.1) is 0 Å². The average Bonchev–Trinajstić information content (AvgIpc) is 2.45. The van der Waals surface area contributed by atoms with Gasteiger partial charge in [-0.05, 0) is 44.2 Å². The highest BCUT2D eigenvalue weighted by Gasteiger charge is 2.24. The molecule has 1 aliphatic carbocycles. The molecule has 1 saturated carbocycles. The highest BCUT2D eigenvalue weighted by Crippen LogP contribution is 2.29. The van der Waals surface area contributed by atoms with Gasteiger partial charge in [0.25, 0.3) is 0 Å². The molecule has 0 aromatic heterocycles. The average molecular weight is 342 g/mol. The Labute approximate surface area is 130 Å². The lowest BCUT2D eigenvalue weighted by Gasteiger charge is -2.32. The van der Waals surface area contributed by atoms with Gasteiger partial charge in [-0.15, -0.1) is 0 Å². The Hall–Kier alpha value is -0.410. The zero-order valence-corrected chi connectivity index (χ0v) is 14.0. The second-order valence-electron chi connectivity index (χ2n) is 5.97. The predicted octanol–water partition coefficient (Wildman–Crippen LogP) is 5.60. The summed E-state index contributed by atoms with van der Waals surface area (Å²) in [4.78, 5) is 0. The van der Waals surface area contributed by atoms with Crippen LogP contribution in [0.4, 0.5) is 4.39 Å². The van der Waals surface area contributed by atoms with Gasteiger partial charge < -0.3 is 5.32 Å². The molecule has 1 N–H and O–H groups in total. The van der Waals surface area contributed by atoms with E-state index in [0.717, 1.165) is 22.4 Å². The van der Waals surface area contributed by atoms with E-state index < -0.39 is 0 Å². The summed E-state index contributed by atoms with van der Waals surface area (Å²) < 4.78 is 14.8. The molecule has 0 heterocycles. The predicted molar refractivity (Wildman–Crippen MR) is 86.3 cm³/mol. The summed E-state index contributed by atoms with van der Waals surface area (Å²) in [5, 5.41) is 3.66. The van der Waals surface area contributed by atoms with Crippen LogP contribution in [0.15, 0.2) is 22.7 Å². The Bertz CT molecular complexity index is 429. The van der Waals surface area contributed by atoms with E-state index in [9.17, 15) is 4.39 Å². The third-order valence-corrected chi connectivity index (χ3v) is 5.05. The lowest BCUT2D eigenvalue weighted by Crippen LogP contribution is -2.38. The fourth-order valence-corrected chi connectivity index (χ4v) is 3.72. The minimum atomic E-state index is -0.127. The molecule has 1 aromatic rings. The van der Waals surface area contributed by atoms with Gasteiger partial charge in [0, 0.05) is 22.1 Å². The first-order chi connectivity index (χ1) is 9.61. The van der Waals surface area contributed by atoms with Gasteiger partial charge in [-0.25, -0.2) is 4.39 Å². The van der Waals surface area contributed by atoms with E-state index in [4.69, 9.17) is 0 Å². The van der Waals surface area contributed by atoms with Crippen molar-refractivity contribution >= 4 is 15.9 Å². The van der Waals surface area contributed by atoms with Crippen LogP contribution < -0.4 is 5.32 Å². The summed E-state index contributed by atoms with van der Waals surface area (Å²) in [6, 6.07) is 5.92. The van der Waals surface area contributed by atoms with E-state index in [1.807, 2.05) is 12.1 Å². The molecule has 1 aromatic carbocycles. The normalized spacial score (nSPS) is 19.8. The van der Waals surface area contributed by atoms with Crippen molar-refractivity contribution in [3.05, 3.63) is 34.1 Å². The zero-order valence-electron chi connectivity index (χ0n) is 12.5. The van der Waals surface area contributed by atoms with Crippen LogP contribution in [-0.2, 0) is 0 Å². The van der Waals surface area contributed by atoms with E-state index in [1.165, 1.54) is 32.1 Å². The number of hydrogen-bond donors (Lipinski definition) is 1. The van der Waals surface area contributed by atoms with Gasteiger partial charge in [-0.3, -0.25) is 0 Å². The molecule has 1 fully saturated rings. The Balaban J connectivity index is 2.02. The molecule has 1 aliphatic rings. The van der Waals surface area contributed by atoms with Crippen molar-refractivity contribution in [2.24, 2.45) is 5.92 Å². The molecule has 20 heavy (non-hydrogen) atoms. The summed E-state index contributed by atoms with van der Waals surface area (Å²) in [5.41, 5.74) is 0.766. The number of nitrogens with one attached hydrogen (secondary N) is 1. The molecule has 0 saturated heterocycles. The van der Waals surface area contributed by atoms with E-state index >= 15 is 0 Å². The van der Waals surface area contributed by atoms with Gasteiger partial charge in [0.15, 0.2) is 0 Å². The molecule has 0 amide bonds. The SMILES string of the molecule is CCC(NC(C)c1ccc(Br)cc1F)C1CCCCC1. The minimum absolute atomic E-state index is 0.0648. The fraction of sp³-hybridized carbons (Fsp3) is 0.647. The highest BCUT2D eigenvalue weighted by atomic mass is 79.9. The summed E-state index contributed by atoms with van der Waals surface area (Å²) in [5.74, 6) is 0.632.